The Balaban J connectivity index is 3.70. The van der Waals surface area contributed by atoms with Crippen molar-refractivity contribution in [1.82, 2.24) is 0 Å². The average molecular weight is 272 g/mol. The van der Waals surface area contributed by atoms with E-state index in [-0.39, 0.29) is 11.9 Å². The summed E-state index contributed by atoms with van der Waals surface area (Å²) in [5.41, 5.74) is 0. The van der Waals surface area contributed by atoms with Crippen LogP contribution in [0.1, 0.15) is 79.1 Å². The second-order valence-electron chi connectivity index (χ2n) is 5.48. The van der Waals surface area contributed by atoms with Crippen LogP contribution in [0, 0.1) is 11.8 Å². The van der Waals surface area contributed by atoms with Gasteiger partial charge in [0.25, 0.3) is 0 Å². The number of hydrogen-bond donors (Lipinski definition) is 0. The van der Waals surface area contributed by atoms with Crippen molar-refractivity contribution >= 4 is 5.97 Å². The van der Waals surface area contributed by atoms with Gasteiger partial charge in [0.2, 0.25) is 0 Å². The summed E-state index contributed by atoms with van der Waals surface area (Å²) in [6.07, 6.45) is 8.50. The zero-order chi connectivity index (χ0) is 14.5. The summed E-state index contributed by atoms with van der Waals surface area (Å²) in [5.74, 6) is 0.475. The van der Waals surface area contributed by atoms with E-state index in [9.17, 15) is 4.79 Å². The second-order valence-corrected chi connectivity index (χ2v) is 5.48. The standard InChI is InChI=1S/C16H32O3/c1-5-8-9-10-13-18-19-16(17)15(7-3)12-11-14(4)6-2/h14-15H,5-13H2,1-4H3. The first kappa shape index (κ1) is 18.4. The first-order valence-electron chi connectivity index (χ1n) is 7.98. The van der Waals surface area contributed by atoms with E-state index in [0.29, 0.717) is 12.5 Å². The molecule has 0 spiro atoms. The van der Waals surface area contributed by atoms with Crippen LogP contribution in [0.25, 0.3) is 0 Å². The third-order valence-corrected chi connectivity index (χ3v) is 3.75. The monoisotopic (exact) mass is 272 g/mol. The molecule has 2 unspecified atom stereocenters. The van der Waals surface area contributed by atoms with Crippen LogP contribution < -0.4 is 0 Å². The van der Waals surface area contributed by atoms with Gasteiger partial charge in [-0.2, -0.15) is 4.89 Å². The fourth-order valence-corrected chi connectivity index (χ4v) is 1.93. The molecule has 114 valence electrons. The van der Waals surface area contributed by atoms with Crippen molar-refractivity contribution in [3.63, 3.8) is 0 Å². The first-order valence-corrected chi connectivity index (χ1v) is 7.98. The lowest BCUT2D eigenvalue weighted by Crippen LogP contribution is -2.18. The third-order valence-electron chi connectivity index (χ3n) is 3.75. The summed E-state index contributed by atoms with van der Waals surface area (Å²) >= 11 is 0. The molecule has 0 aliphatic heterocycles. The largest absolute Gasteiger partial charge is 0.345 e. The molecule has 3 nitrogen and oxygen atoms in total. The van der Waals surface area contributed by atoms with Crippen molar-refractivity contribution in [3.05, 3.63) is 0 Å². The summed E-state index contributed by atoms with van der Waals surface area (Å²) in [4.78, 5) is 21.7. The quantitative estimate of drug-likeness (QED) is 0.288. The summed E-state index contributed by atoms with van der Waals surface area (Å²) < 4.78 is 0. The smallest absolute Gasteiger partial charge is 0.298 e. The lowest BCUT2D eigenvalue weighted by molar-refractivity contribution is -0.276. The average Bonchev–Trinajstić information content (AvgIpc) is 2.42. The Morgan fingerprint density at radius 3 is 2.32 bits per heavy atom. The van der Waals surface area contributed by atoms with Crippen molar-refractivity contribution in [1.29, 1.82) is 0 Å². The minimum atomic E-state index is -0.193. The fraction of sp³-hybridized carbons (Fsp3) is 0.938. The van der Waals surface area contributed by atoms with Crippen LogP contribution in [0.5, 0.6) is 0 Å². The summed E-state index contributed by atoms with van der Waals surface area (Å²) in [5, 5.41) is 0. The van der Waals surface area contributed by atoms with E-state index in [1.807, 2.05) is 6.92 Å². The Hall–Kier alpha value is -0.570. The summed E-state index contributed by atoms with van der Waals surface area (Å²) in [6.45, 7) is 9.13. The van der Waals surface area contributed by atoms with Gasteiger partial charge in [-0.25, -0.2) is 4.79 Å². The molecule has 0 aromatic rings. The lowest BCUT2D eigenvalue weighted by Gasteiger charge is -2.15. The van der Waals surface area contributed by atoms with E-state index < -0.39 is 0 Å². The van der Waals surface area contributed by atoms with Crippen LogP contribution in [0.15, 0.2) is 0 Å². The lowest BCUT2D eigenvalue weighted by atomic mass is 9.94. The molecule has 0 heterocycles. The molecule has 0 aromatic carbocycles. The van der Waals surface area contributed by atoms with Gasteiger partial charge < -0.3 is 0 Å². The topological polar surface area (TPSA) is 35.5 Å². The highest BCUT2D eigenvalue weighted by molar-refractivity contribution is 5.71. The molecule has 0 aliphatic carbocycles. The van der Waals surface area contributed by atoms with Crippen molar-refractivity contribution < 1.29 is 14.6 Å². The summed E-state index contributed by atoms with van der Waals surface area (Å²) in [6, 6.07) is 0. The van der Waals surface area contributed by atoms with E-state index >= 15 is 0 Å². The molecule has 0 saturated carbocycles. The highest BCUT2D eigenvalue weighted by Gasteiger charge is 2.19. The second kappa shape index (κ2) is 12.5. The Labute approximate surface area is 119 Å². The predicted molar refractivity (Wildman–Crippen MR) is 78.7 cm³/mol. The Bertz CT molecular complexity index is 216. The zero-order valence-electron chi connectivity index (χ0n) is 13.2. The van der Waals surface area contributed by atoms with Gasteiger partial charge in [-0.1, -0.05) is 53.4 Å². The van der Waals surface area contributed by atoms with Gasteiger partial charge in [0, 0.05) is 0 Å². The Kier molecular flexibility index (Phi) is 12.1. The maximum absolute atomic E-state index is 11.8. The van der Waals surface area contributed by atoms with Gasteiger partial charge in [0.1, 0.15) is 0 Å². The number of carbonyl (C=O) groups is 1. The van der Waals surface area contributed by atoms with Crippen LogP contribution in [-0.2, 0) is 14.6 Å². The van der Waals surface area contributed by atoms with Crippen molar-refractivity contribution in [3.8, 4) is 0 Å². The van der Waals surface area contributed by atoms with Gasteiger partial charge in [-0.3, -0.25) is 4.89 Å². The number of hydrogen-bond acceptors (Lipinski definition) is 3. The molecular weight excluding hydrogens is 240 g/mol. The van der Waals surface area contributed by atoms with Crippen molar-refractivity contribution in [2.24, 2.45) is 11.8 Å². The molecule has 2 atom stereocenters. The van der Waals surface area contributed by atoms with Gasteiger partial charge in [0.15, 0.2) is 0 Å². The molecule has 0 rings (SSSR count). The Morgan fingerprint density at radius 1 is 1.00 bits per heavy atom. The predicted octanol–water partition coefficient (Wildman–Crippen LogP) is 4.89. The minimum Gasteiger partial charge on any atom is -0.298 e. The Morgan fingerprint density at radius 2 is 1.74 bits per heavy atom. The van der Waals surface area contributed by atoms with E-state index in [2.05, 4.69) is 20.8 Å². The molecule has 0 fully saturated rings. The van der Waals surface area contributed by atoms with Crippen LogP contribution >= 0.6 is 0 Å². The normalized spacial score (nSPS) is 14.1. The van der Waals surface area contributed by atoms with Gasteiger partial charge in [-0.15, -0.1) is 0 Å². The molecule has 0 saturated heterocycles. The van der Waals surface area contributed by atoms with Crippen LogP contribution in [-0.4, -0.2) is 12.6 Å². The number of carbonyl (C=O) groups excluding carboxylic acids is 1. The maximum atomic E-state index is 11.8. The van der Waals surface area contributed by atoms with Gasteiger partial charge >= 0.3 is 5.97 Å². The number of rotatable bonds is 12. The first-order chi connectivity index (χ1) is 9.15. The van der Waals surface area contributed by atoms with E-state index in [4.69, 9.17) is 9.78 Å². The molecule has 3 heteroatoms. The van der Waals surface area contributed by atoms with Gasteiger partial charge in [0.05, 0.1) is 12.5 Å². The van der Waals surface area contributed by atoms with Crippen LogP contribution in [0.3, 0.4) is 0 Å². The number of unbranched alkanes of at least 4 members (excludes halogenated alkanes) is 3. The van der Waals surface area contributed by atoms with Gasteiger partial charge in [-0.05, 0) is 31.6 Å². The zero-order valence-corrected chi connectivity index (χ0v) is 13.2. The molecule has 0 radical (unpaired) electrons. The highest BCUT2D eigenvalue weighted by atomic mass is 17.2. The fourth-order valence-electron chi connectivity index (χ4n) is 1.93. The highest BCUT2D eigenvalue weighted by Crippen LogP contribution is 2.19. The SMILES string of the molecule is CCCCCCOOC(=O)C(CC)CCC(C)CC. The molecule has 0 amide bonds. The molecular formula is C16H32O3. The molecule has 0 aliphatic rings. The summed E-state index contributed by atoms with van der Waals surface area (Å²) in [7, 11) is 0. The van der Waals surface area contributed by atoms with Crippen molar-refractivity contribution in [2.45, 2.75) is 79.1 Å². The van der Waals surface area contributed by atoms with E-state index in [0.717, 1.165) is 32.1 Å². The third kappa shape index (κ3) is 9.94. The molecule has 19 heavy (non-hydrogen) atoms. The van der Waals surface area contributed by atoms with E-state index in [1.165, 1.54) is 19.3 Å². The minimum absolute atomic E-state index is 0.00959. The van der Waals surface area contributed by atoms with Crippen LogP contribution in [0.4, 0.5) is 0 Å². The van der Waals surface area contributed by atoms with E-state index in [1.54, 1.807) is 0 Å². The van der Waals surface area contributed by atoms with Crippen LogP contribution in [0.2, 0.25) is 0 Å². The molecule has 0 bridgehead atoms. The molecule has 0 aromatic heterocycles. The van der Waals surface area contributed by atoms with Crippen molar-refractivity contribution in [2.75, 3.05) is 6.61 Å². The maximum Gasteiger partial charge on any atom is 0.345 e. The molecule has 0 N–H and O–H groups in total.